The maximum atomic E-state index is 11.9. The molecular weight excluding hydrogens is 485 g/mol. The molecule has 2 unspecified atom stereocenters. The van der Waals surface area contributed by atoms with Crippen molar-refractivity contribution < 1.29 is 56.3 Å². The Hall–Kier alpha value is -1.25. The molecule has 0 spiro atoms. The van der Waals surface area contributed by atoms with Gasteiger partial charge in [0, 0.05) is 5.92 Å². The minimum Gasteiger partial charge on any atom is -0.390 e. The Labute approximate surface area is 174 Å². The zero-order valence-electron chi connectivity index (χ0n) is 15.6. The van der Waals surface area contributed by atoms with E-state index in [0.29, 0.717) is 11.2 Å². The van der Waals surface area contributed by atoms with Crippen LogP contribution in [0, 0.1) is 5.92 Å². The van der Waals surface area contributed by atoms with Crippen LogP contribution in [-0.4, -0.2) is 58.1 Å². The van der Waals surface area contributed by atoms with Gasteiger partial charge in [0.1, 0.15) is 24.1 Å². The van der Waals surface area contributed by atoms with Crippen LogP contribution in [0.1, 0.15) is 18.7 Å². The summed E-state index contributed by atoms with van der Waals surface area (Å²) < 4.78 is 52.8. The summed E-state index contributed by atoms with van der Waals surface area (Å²) in [4.78, 5) is 39.6. The Morgan fingerprint density at radius 2 is 1.84 bits per heavy atom. The van der Waals surface area contributed by atoms with E-state index >= 15 is 0 Å². The van der Waals surface area contributed by atoms with E-state index in [-0.39, 0.29) is 5.82 Å². The predicted octanol–water partition coefficient (Wildman–Crippen LogP) is 0.0917. The lowest BCUT2D eigenvalue weighted by Crippen LogP contribution is -2.29. The summed E-state index contributed by atoms with van der Waals surface area (Å²) in [7, 11) is -16.5. The molecule has 2 aromatic heterocycles. The quantitative estimate of drug-likeness (QED) is 0.261. The predicted molar refractivity (Wildman–Crippen MR) is 100 cm³/mol. The number of aliphatic hydroxyl groups excluding tert-OH is 1. The van der Waals surface area contributed by atoms with Crippen LogP contribution in [0.4, 0.5) is 5.82 Å². The molecule has 174 valence electrons. The molecular formula is C12H19N4O12P3. The number of ether oxygens (including phenoxy) is 1. The highest BCUT2D eigenvalue weighted by Crippen LogP contribution is 2.66. The largest absolute Gasteiger partial charge is 0.490 e. The maximum absolute atomic E-state index is 11.9. The monoisotopic (exact) mass is 504 g/mol. The van der Waals surface area contributed by atoms with Crippen LogP contribution in [0.5, 0.6) is 0 Å². The van der Waals surface area contributed by atoms with E-state index in [1.807, 2.05) is 0 Å². The molecule has 1 aliphatic rings. The van der Waals surface area contributed by atoms with E-state index in [2.05, 4.69) is 23.2 Å². The number of nitrogens with zero attached hydrogens (tertiary/aromatic N) is 3. The summed E-state index contributed by atoms with van der Waals surface area (Å²) in [5.41, 5.74) is 6.79. The summed E-state index contributed by atoms with van der Waals surface area (Å²) in [5, 5.41) is 14.5. The lowest BCUT2D eigenvalue weighted by atomic mass is 9.97. The number of hydrogen-bond acceptors (Lipinski definition) is 11. The summed E-state index contributed by atoms with van der Waals surface area (Å²) in [6, 6.07) is 3.30. The molecule has 0 saturated carbocycles. The van der Waals surface area contributed by atoms with Gasteiger partial charge in [-0.15, -0.1) is 0 Å². The lowest BCUT2D eigenvalue weighted by molar-refractivity contribution is -0.0235. The van der Waals surface area contributed by atoms with Gasteiger partial charge in [0.15, 0.2) is 5.82 Å². The van der Waals surface area contributed by atoms with Gasteiger partial charge in [0.25, 0.3) is 0 Å². The number of nitrogens with two attached hydrogens (primary N) is 1. The number of aromatic nitrogens is 3. The Bertz CT molecular complexity index is 1100. The van der Waals surface area contributed by atoms with E-state index < -0.39 is 54.3 Å². The molecule has 2 aromatic rings. The molecule has 0 aliphatic carbocycles. The van der Waals surface area contributed by atoms with Gasteiger partial charge in [-0.2, -0.15) is 13.7 Å². The Balaban J connectivity index is 1.69. The van der Waals surface area contributed by atoms with Crippen LogP contribution in [0.25, 0.3) is 5.52 Å². The fourth-order valence-corrected chi connectivity index (χ4v) is 6.08. The lowest BCUT2D eigenvalue weighted by Gasteiger charge is -2.19. The summed E-state index contributed by atoms with van der Waals surface area (Å²) in [5.74, 6) is -0.319. The van der Waals surface area contributed by atoms with Gasteiger partial charge in [-0.1, -0.05) is 6.92 Å². The molecule has 6 atom stereocenters. The molecule has 1 saturated heterocycles. The second kappa shape index (κ2) is 8.60. The van der Waals surface area contributed by atoms with E-state index in [0.717, 1.165) is 0 Å². The van der Waals surface area contributed by atoms with Crippen molar-refractivity contribution in [3.8, 4) is 0 Å². The number of fused-ring (bicyclic) bond motifs is 1. The third kappa shape index (κ3) is 5.76. The zero-order chi connectivity index (χ0) is 23.2. The number of rotatable bonds is 8. The van der Waals surface area contributed by atoms with Crippen molar-refractivity contribution in [3.05, 3.63) is 24.2 Å². The summed E-state index contributed by atoms with van der Waals surface area (Å²) in [6.45, 7) is 0.871. The molecule has 1 fully saturated rings. The van der Waals surface area contributed by atoms with E-state index in [9.17, 15) is 23.7 Å². The molecule has 19 heteroatoms. The molecule has 7 N–H and O–H groups in total. The maximum Gasteiger partial charge on any atom is 0.490 e. The van der Waals surface area contributed by atoms with Gasteiger partial charge in [-0.3, -0.25) is 4.52 Å². The van der Waals surface area contributed by atoms with Crippen molar-refractivity contribution in [1.29, 1.82) is 0 Å². The van der Waals surface area contributed by atoms with Gasteiger partial charge < -0.3 is 35.2 Å². The first-order chi connectivity index (χ1) is 14.2. The first-order valence-electron chi connectivity index (χ1n) is 8.39. The van der Waals surface area contributed by atoms with Crippen LogP contribution in [0.3, 0.4) is 0 Å². The number of aliphatic hydroxyl groups is 1. The molecule has 0 radical (unpaired) electrons. The van der Waals surface area contributed by atoms with Crippen molar-refractivity contribution in [3.63, 3.8) is 0 Å². The minimum absolute atomic E-state index is 0.219. The van der Waals surface area contributed by atoms with Crippen molar-refractivity contribution in [2.75, 3.05) is 12.3 Å². The van der Waals surface area contributed by atoms with E-state index in [1.165, 1.54) is 10.8 Å². The molecule has 0 bridgehead atoms. The minimum atomic E-state index is -5.64. The topological polar surface area (TPSA) is 245 Å². The SMILES string of the molecule is C[C@H]1[C@H](O)[C@@H](COP(=O)(O)OP(=O)(O)OP(=O)(O)O)O[C@H]1c1ccc2c(N)ncnn12. The molecule has 31 heavy (non-hydrogen) atoms. The van der Waals surface area contributed by atoms with Gasteiger partial charge in [-0.25, -0.2) is 23.2 Å². The number of hydrogen-bond donors (Lipinski definition) is 6. The van der Waals surface area contributed by atoms with E-state index in [4.69, 9.17) is 25.2 Å². The molecule has 0 amide bonds. The standard InChI is InChI=1S/C12H19N4O12P3/c1-6-10(17)9(4-25-30(21,22)28-31(23,24)27-29(18,19)20)26-11(6)7-2-3-8-12(13)14-5-15-16(7)8/h2-3,5-6,9-11,17H,4H2,1H3,(H,21,22)(H,23,24)(H2,13,14,15)(H2,18,19,20)/t6-,9+,10-,11+/m0/s1. The second-order valence-electron chi connectivity index (χ2n) is 6.53. The third-order valence-electron chi connectivity index (χ3n) is 4.34. The van der Waals surface area contributed by atoms with Crippen molar-refractivity contribution in [2.45, 2.75) is 25.2 Å². The second-order valence-corrected chi connectivity index (χ2v) is 11.0. The Kier molecular flexibility index (Phi) is 6.76. The smallest absolute Gasteiger partial charge is 0.390 e. The Morgan fingerprint density at radius 1 is 1.16 bits per heavy atom. The average molecular weight is 504 g/mol. The first kappa shape index (κ1) is 24.4. The fraction of sp³-hybridized carbons (Fsp3) is 0.500. The molecule has 16 nitrogen and oxygen atoms in total. The number of anilines is 1. The summed E-state index contributed by atoms with van der Waals surface area (Å²) >= 11 is 0. The van der Waals surface area contributed by atoms with Crippen LogP contribution in [0.15, 0.2) is 18.5 Å². The van der Waals surface area contributed by atoms with Gasteiger partial charge in [0.2, 0.25) is 0 Å². The molecule has 3 rings (SSSR count). The highest BCUT2D eigenvalue weighted by Gasteiger charge is 2.45. The molecule has 1 aliphatic heterocycles. The van der Waals surface area contributed by atoms with Gasteiger partial charge >= 0.3 is 23.5 Å². The van der Waals surface area contributed by atoms with Crippen LogP contribution in [0.2, 0.25) is 0 Å². The van der Waals surface area contributed by atoms with Crippen molar-refractivity contribution >= 4 is 34.8 Å². The van der Waals surface area contributed by atoms with Gasteiger partial charge in [-0.05, 0) is 12.1 Å². The van der Waals surface area contributed by atoms with Gasteiger partial charge in [0.05, 0.1) is 18.4 Å². The first-order valence-corrected chi connectivity index (χ1v) is 12.9. The molecule has 0 aromatic carbocycles. The normalized spacial score (nSPS) is 28.5. The van der Waals surface area contributed by atoms with E-state index in [1.54, 1.807) is 19.1 Å². The van der Waals surface area contributed by atoms with Crippen LogP contribution in [-0.2, 0) is 31.6 Å². The van der Waals surface area contributed by atoms with Crippen molar-refractivity contribution in [2.24, 2.45) is 5.92 Å². The Morgan fingerprint density at radius 3 is 2.48 bits per heavy atom. The fourth-order valence-electron chi connectivity index (χ4n) is 3.05. The highest BCUT2D eigenvalue weighted by molar-refractivity contribution is 7.66. The van der Waals surface area contributed by atoms with Crippen LogP contribution < -0.4 is 5.73 Å². The number of phosphoric ester groups is 1. The zero-order valence-corrected chi connectivity index (χ0v) is 18.3. The summed E-state index contributed by atoms with van der Waals surface area (Å²) in [6.07, 6.45) is -1.87. The number of nitrogen functional groups attached to an aromatic ring is 1. The average Bonchev–Trinajstić information content (AvgIpc) is 3.13. The molecule has 3 heterocycles. The highest BCUT2D eigenvalue weighted by atomic mass is 31.3. The third-order valence-corrected chi connectivity index (χ3v) is 8.14. The van der Waals surface area contributed by atoms with Crippen molar-refractivity contribution in [1.82, 2.24) is 14.6 Å². The van der Waals surface area contributed by atoms with Crippen LogP contribution >= 0.6 is 23.5 Å². The number of phosphoric acid groups is 3.